The summed E-state index contributed by atoms with van der Waals surface area (Å²) in [6.45, 7) is 2.09. The molecule has 1 heterocycles. The quantitative estimate of drug-likeness (QED) is 0.691. The molecular weight excluding hydrogens is 204 g/mol. The van der Waals surface area contributed by atoms with Gasteiger partial charge in [-0.3, -0.25) is 4.68 Å². The van der Waals surface area contributed by atoms with Crippen molar-refractivity contribution >= 4 is 22.0 Å². The monoisotopic (exact) mass is 214 g/mol. The fourth-order valence-corrected chi connectivity index (χ4v) is 1.000. The summed E-state index contributed by atoms with van der Waals surface area (Å²) in [5.41, 5.74) is 2.46. The van der Waals surface area contributed by atoms with E-state index in [9.17, 15) is 0 Å². The molecule has 1 aromatic rings. The Bertz CT molecular complexity index is 263. The molecular formula is C8H11BrN2. The third-order valence-corrected chi connectivity index (χ3v) is 2.23. The highest BCUT2D eigenvalue weighted by atomic mass is 79.9. The van der Waals surface area contributed by atoms with E-state index in [1.165, 1.54) is 5.57 Å². The number of nitrogens with zero attached hydrogens (tertiary/aromatic N) is 2. The lowest BCUT2D eigenvalue weighted by Gasteiger charge is -1.89. The molecule has 0 radical (unpaired) electrons. The smallest absolute Gasteiger partial charge is 0.0562 e. The van der Waals surface area contributed by atoms with Crippen LogP contribution in [-0.4, -0.2) is 15.1 Å². The van der Waals surface area contributed by atoms with Gasteiger partial charge < -0.3 is 0 Å². The second-order valence-corrected chi connectivity index (χ2v) is 3.13. The summed E-state index contributed by atoms with van der Waals surface area (Å²) in [6, 6.07) is 0. The molecule has 0 spiro atoms. The lowest BCUT2D eigenvalue weighted by Crippen LogP contribution is -1.84. The van der Waals surface area contributed by atoms with Gasteiger partial charge in [0.25, 0.3) is 0 Å². The molecule has 1 rings (SSSR count). The maximum atomic E-state index is 4.06. The van der Waals surface area contributed by atoms with Gasteiger partial charge in [-0.25, -0.2) is 0 Å². The van der Waals surface area contributed by atoms with E-state index >= 15 is 0 Å². The van der Waals surface area contributed by atoms with Crippen LogP contribution < -0.4 is 0 Å². The van der Waals surface area contributed by atoms with Gasteiger partial charge in [0.1, 0.15) is 0 Å². The van der Waals surface area contributed by atoms with Crippen LogP contribution in [0.1, 0.15) is 12.5 Å². The van der Waals surface area contributed by atoms with Crippen molar-refractivity contribution in [2.75, 3.05) is 5.33 Å². The van der Waals surface area contributed by atoms with Crippen LogP contribution in [0.3, 0.4) is 0 Å². The van der Waals surface area contributed by atoms with E-state index in [0.29, 0.717) is 0 Å². The zero-order valence-corrected chi connectivity index (χ0v) is 8.30. The van der Waals surface area contributed by atoms with Crippen molar-refractivity contribution in [2.24, 2.45) is 7.05 Å². The first-order valence-electron chi connectivity index (χ1n) is 3.44. The van der Waals surface area contributed by atoms with Crippen LogP contribution in [0.5, 0.6) is 0 Å². The fraction of sp³-hybridized carbons (Fsp3) is 0.375. The maximum absolute atomic E-state index is 4.06. The third-order valence-electron chi connectivity index (χ3n) is 1.35. The number of hydrogen-bond donors (Lipinski definition) is 0. The van der Waals surface area contributed by atoms with Gasteiger partial charge in [-0.2, -0.15) is 5.10 Å². The van der Waals surface area contributed by atoms with Gasteiger partial charge in [-0.15, -0.1) is 0 Å². The molecule has 0 fully saturated rings. The molecule has 3 heteroatoms. The first-order chi connectivity index (χ1) is 5.22. The van der Waals surface area contributed by atoms with Crippen molar-refractivity contribution < 1.29 is 0 Å². The number of aromatic nitrogens is 2. The predicted octanol–water partition coefficient (Wildman–Crippen LogP) is 2.22. The summed E-state index contributed by atoms with van der Waals surface area (Å²) >= 11 is 3.38. The summed E-state index contributed by atoms with van der Waals surface area (Å²) in [4.78, 5) is 0. The van der Waals surface area contributed by atoms with E-state index in [-0.39, 0.29) is 0 Å². The zero-order valence-electron chi connectivity index (χ0n) is 6.71. The number of allylic oxidation sites excluding steroid dienone is 1. The van der Waals surface area contributed by atoms with E-state index < -0.39 is 0 Å². The number of aryl methyl sites for hydroxylation is 1. The minimum atomic E-state index is 0.919. The van der Waals surface area contributed by atoms with Crippen molar-refractivity contribution in [3.63, 3.8) is 0 Å². The first kappa shape index (κ1) is 8.53. The van der Waals surface area contributed by atoms with Crippen molar-refractivity contribution in [1.29, 1.82) is 0 Å². The predicted molar refractivity (Wildman–Crippen MR) is 50.7 cm³/mol. The van der Waals surface area contributed by atoms with Gasteiger partial charge in [-0.05, 0) is 6.92 Å². The first-order valence-corrected chi connectivity index (χ1v) is 4.56. The van der Waals surface area contributed by atoms with Crippen molar-refractivity contribution in [3.05, 3.63) is 23.5 Å². The Morgan fingerprint density at radius 1 is 1.82 bits per heavy atom. The van der Waals surface area contributed by atoms with Crippen LogP contribution in [0.15, 0.2) is 18.0 Å². The second kappa shape index (κ2) is 3.72. The van der Waals surface area contributed by atoms with Gasteiger partial charge in [0.05, 0.1) is 6.20 Å². The molecule has 0 aliphatic rings. The Balaban J connectivity index is 2.78. The topological polar surface area (TPSA) is 17.8 Å². The molecule has 0 amide bonds. The van der Waals surface area contributed by atoms with Crippen LogP contribution in [0, 0.1) is 0 Å². The van der Waals surface area contributed by atoms with Crippen LogP contribution >= 0.6 is 15.9 Å². The highest BCUT2D eigenvalue weighted by Crippen LogP contribution is 2.06. The average molecular weight is 215 g/mol. The van der Waals surface area contributed by atoms with E-state index in [4.69, 9.17) is 0 Å². The fourth-order valence-electron chi connectivity index (χ4n) is 0.838. The molecule has 11 heavy (non-hydrogen) atoms. The van der Waals surface area contributed by atoms with Gasteiger partial charge in [-0.1, -0.05) is 27.6 Å². The van der Waals surface area contributed by atoms with Crippen LogP contribution in [0.25, 0.3) is 6.08 Å². The van der Waals surface area contributed by atoms with E-state index in [2.05, 4.69) is 34.0 Å². The Morgan fingerprint density at radius 2 is 2.55 bits per heavy atom. The number of alkyl halides is 1. The Morgan fingerprint density at radius 3 is 3.00 bits per heavy atom. The standard InChI is InChI=1S/C8H11BrN2/c1-7(4-9)3-8-5-10-11(2)6-8/h3,5-6H,4H2,1-2H3. The summed E-state index contributed by atoms with van der Waals surface area (Å²) in [6.07, 6.45) is 5.96. The Kier molecular flexibility index (Phi) is 2.88. The normalized spacial score (nSPS) is 12.1. The van der Waals surface area contributed by atoms with Crippen LogP contribution in [0.2, 0.25) is 0 Å². The van der Waals surface area contributed by atoms with Gasteiger partial charge in [0.2, 0.25) is 0 Å². The molecule has 0 atom stereocenters. The van der Waals surface area contributed by atoms with Crippen LogP contribution in [0.4, 0.5) is 0 Å². The molecule has 0 bridgehead atoms. The molecule has 0 saturated heterocycles. The summed E-state index contributed by atoms with van der Waals surface area (Å²) < 4.78 is 1.80. The lowest BCUT2D eigenvalue weighted by molar-refractivity contribution is 0.767. The number of hydrogen-bond acceptors (Lipinski definition) is 1. The molecule has 0 aliphatic heterocycles. The van der Waals surface area contributed by atoms with Gasteiger partial charge in [0, 0.05) is 24.1 Å². The zero-order chi connectivity index (χ0) is 8.27. The highest BCUT2D eigenvalue weighted by molar-refractivity contribution is 9.09. The third kappa shape index (κ3) is 2.50. The minimum absolute atomic E-state index is 0.919. The summed E-state index contributed by atoms with van der Waals surface area (Å²) in [7, 11) is 1.92. The second-order valence-electron chi connectivity index (χ2n) is 2.57. The largest absolute Gasteiger partial charge is 0.275 e. The molecule has 0 N–H and O–H groups in total. The van der Waals surface area contributed by atoms with Crippen LogP contribution in [-0.2, 0) is 7.05 Å². The maximum Gasteiger partial charge on any atom is 0.0562 e. The summed E-state index contributed by atoms with van der Waals surface area (Å²) in [5, 5.41) is 4.98. The van der Waals surface area contributed by atoms with E-state index in [1.807, 2.05) is 19.4 Å². The number of halogens is 1. The molecule has 60 valence electrons. The van der Waals surface area contributed by atoms with Gasteiger partial charge in [0.15, 0.2) is 0 Å². The molecule has 0 saturated carbocycles. The van der Waals surface area contributed by atoms with Crippen molar-refractivity contribution in [3.8, 4) is 0 Å². The van der Waals surface area contributed by atoms with E-state index in [1.54, 1.807) is 4.68 Å². The molecule has 0 aliphatic carbocycles. The Labute approximate surface area is 75.0 Å². The molecule has 1 aromatic heterocycles. The molecule has 0 aromatic carbocycles. The van der Waals surface area contributed by atoms with Crippen molar-refractivity contribution in [2.45, 2.75) is 6.92 Å². The van der Waals surface area contributed by atoms with Crippen molar-refractivity contribution in [1.82, 2.24) is 9.78 Å². The highest BCUT2D eigenvalue weighted by Gasteiger charge is 1.91. The minimum Gasteiger partial charge on any atom is -0.275 e. The van der Waals surface area contributed by atoms with Gasteiger partial charge >= 0.3 is 0 Å². The average Bonchev–Trinajstić information content (AvgIpc) is 2.35. The SMILES string of the molecule is CC(=Cc1cnn(C)c1)CBr. The molecule has 2 nitrogen and oxygen atoms in total. The Hall–Kier alpha value is -0.570. The summed E-state index contributed by atoms with van der Waals surface area (Å²) in [5.74, 6) is 0. The van der Waals surface area contributed by atoms with E-state index in [0.717, 1.165) is 10.9 Å². The number of rotatable bonds is 2. The lowest BCUT2D eigenvalue weighted by atomic mass is 10.2. The molecule has 0 unspecified atom stereocenters.